The van der Waals surface area contributed by atoms with Gasteiger partial charge in [0.1, 0.15) is 0 Å². The molecule has 1 aliphatic rings. The molecule has 1 heterocycles. The molecule has 114 valence electrons. The van der Waals surface area contributed by atoms with Gasteiger partial charge < -0.3 is 5.32 Å². The molecular formula is C15H15N3O3S. The molecule has 1 amide bonds. The molecule has 22 heavy (non-hydrogen) atoms. The number of nitro groups is 1. The van der Waals surface area contributed by atoms with Crippen LogP contribution in [0.25, 0.3) is 11.3 Å². The highest BCUT2D eigenvalue weighted by Crippen LogP contribution is 2.29. The maximum absolute atomic E-state index is 12.1. The van der Waals surface area contributed by atoms with Crippen LogP contribution in [0.15, 0.2) is 29.6 Å². The lowest BCUT2D eigenvalue weighted by molar-refractivity contribution is -0.384. The molecule has 1 N–H and O–H groups in total. The summed E-state index contributed by atoms with van der Waals surface area (Å²) in [5.41, 5.74) is 1.34. The summed E-state index contributed by atoms with van der Waals surface area (Å²) in [6.07, 6.45) is 4.09. The third kappa shape index (κ3) is 3.14. The monoisotopic (exact) mass is 317 g/mol. The summed E-state index contributed by atoms with van der Waals surface area (Å²) in [6.45, 7) is 0. The highest BCUT2D eigenvalue weighted by Gasteiger charge is 2.23. The first-order chi connectivity index (χ1) is 10.6. The summed E-state index contributed by atoms with van der Waals surface area (Å²) >= 11 is 1.33. The van der Waals surface area contributed by atoms with E-state index in [-0.39, 0.29) is 17.5 Å². The number of hydrogen-bond acceptors (Lipinski definition) is 5. The van der Waals surface area contributed by atoms with Gasteiger partial charge in [0.15, 0.2) is 5.13 Å². The highest BCUT2D eigenvalue weighted by molar-refractivity contribution is 7.14. The molecule has 1 aromatic heterocycles. The van der Waals surface area contributed by atoms with Crippen LogP contribution in [0.1, 0.15) is 25.7 Å². The third-order valence-electron chi connectivity index (χ3n) is 3.81. The molecule has 0 radical (unpaired) electrons. The molecule has 0 saturated heterocycles. The zero-order valence-electron chi connectivity index (χ0n) is 11.8. The van der Waals surface area contributed by atoms with Crippen molar-refractivity contribution in [2.45, 2.75) is 25.7 Å². The van der Waals surface area contributed by atoms with Crippen LogP contribution in [0.3, 0.4) is 0 Å². The van der Waals surface area contributed by atoms with Crippen molar-refractivity contribution in [3.63, 3.8) is 0 Å². The van der Waals surface area contributed by atoms with Crippen molar-refractivity contribution in [2.75, 3.05) is 5.32 Å². The molecular weight excluding hydrogens is 302 g/mol. The van der Waals surface area contributed by atoms with Crippen LogP contribution in [-0.4, -0.2) is 15.8 Å². The van der Waals surface area contributed by atoms with Gasteiger partial charge in [-0.05, 0) is 12.8 Å². The highest BCUT2D eigenvalue weighted by atomic mass is 32.1. The van der Waals surface area contributed by atoms with Crippen LogP contribution >= 0.6 is 11.3 Å². The van der Waals surface area contributed by atoms with Gasteiger partial charge in [0.05, 0.1) is 10.6 Å². The molecule has 1 aromatic carbocycles. The van der Waals surface area contributed by atoms with Gasteiger partial charge in [0, 0.05) is 29.0 Å². The van der Waals surface area contributed by atoms with Crippen LogP contribution in [0.4, 0.5) is 10.8 Å². The number of aromatic nitrogens is 1. The SMILES string of the molecule is O=C(Nc1nc(-c2cccc([N+](=O)[O-])c2)cs1)C1CCCC1. The minimum Gasteiger partial charge on any atom is -0.302 e. The largest absolute Gasteiger partial charge is 0.302 e. The van der Waals surface area contributed by atoms with Crippen LogP contribution in [0.2, 0.25) is 0 Å². The van der Waals surface area contributed by atoms with E-state index in [1.807, 2.05) is 0 Å². The van der Waals surface area contributed by atoms with Crippen LogP contribution < -0.4 is 5.32 Å². The van der Waals surface area contributed by atoms with Gasteiger partial charge in [0.2, 0.25) is 5.91 Å². The van der Waals surface area contributed by atoms with E-state index in [4.69, 9.17) is 0 Å². The van der Waals surface area contributed by atoms with Crippen molar-refractivity contribution in [2.24, 2.45) is 5.92 Å². The van der Waals surface area contributed by atoms with Gasteiger partial charge in [0.25, 0.3) is 5.69 Å². The minimum absolute atomic E-state index is 0.0254. The molecule has 0 aliphatic heterocycles. The van der Waals surface area contributed by atoms with E-state index in [0.717, 1.165) is 25.7 Å². The van der Waals surface area contributed by atoms with Gasteiger partial charge in [-0.2, -0.15) is 0 Å². The summed E-state index contributed by atoms with van der Waals surface area (Å²) in [4.78, 5) is 26.8. The summed E-state index contributed by atoms with van der Waals surface area (Å²) in [5.74, 6) is 0.114. The maximum atomic E-state index is 12.1. The van der Waals surface area contributed by atoms with Crippen molar-refractivity contribution >= 4 is 28.1 Å². The molecule has 1 aliphatic carbocycles. The zero-order valence-corrected chi connectivity index (χ0v) is 12.6. The molecule has 7 heteroatoms. The van der Waals surface area contributed by atoms with E-state index in [2.05, 4.69) is 10.3 Å². The number of nitro benzene ring substituents is 1. The predicted molar refractivity (Wildman–Crippen MR) is 84.8 cm³/mol. The predicted octanol–water partition coefficient (Wildman–Crippen LogP) is 3.85. The zero-order chi connectivity index (χ0) is 15.5. The molecule has 6 nitrogen and oxygen atoms in total. The number of amides is 1. The first-order valence-corrected chi connectivity index (χ1v) is 8.02. The average Bonchev–Trinajstić information content (AvgIpc) is 3.19. The fourth-order valence-electron chi connectivity index (χ4n) is 2.64. The Labute approximate surface area is 131 Å². The van der Waals surface area contributed by atoms with Crippen molar-refractivity contribution in [1.82, 2.24) is 4.98 Å². The molecule has 0 bridgehead atoms. The quantitative estimate of drug-likeness (QED) is 0.685. The van der Waals surface area contributed by atoms with Gasteiger partial charge >= 0.3 is 0 Å². The van der Waals surface area contributed by atoms with E-state index < -0.39 is 4.92 Å². The van der Waals surface area contributed by atoms with Gasteiger partial charge in [-0.3, -0.25) is 14.9 Å². The van der Waals surface area contributed by atoms with Crippen LogP contribution in [-0.2, 0) is 4.79 Å². The Balaban J connectivity index is 1.74. The first-order valence-electron chi connectivity index (χ1n) is 7.15. The Morgan fingerprint density at radius 2 is 2.14 bits per heavy atom. The van der Waals surface area contributed by atoms with E-state index >= 15 is 0 Å². The number of benzene rings is 1. The number of carbonyl (C=O) groups excluding carboxylic acids is 1. The van der Waals surface area contributed by atoms with E-state index in [1.165, 1.54) is 23.5 Å². The third-order valence-corrected chi connectivity index (χ3v) is 4.57. The summed E-state index contributed by atoms with van der Waals surface area (Å²) in [5, 5.41) is 16.0. The minimum atomic E-state index is -0.432. The first kappa shape index (κ1) is 14.6. The van der Waals surface area contributed by atoms with Gasteiger partial charge in [-0.1, -0.05) is 25.0 Å². The molecule has 1 fully saturated rings. The maximum Gasteiger partial charge on any atom is 0.270 e. The Bertz CT molecular complexity index is 708. The molecule has 1 saturated carbocycles. The van der Waals surface area contributed by atoms with Crippen molar-refractivity contribution < 1.29 is 9.72 Å². The van der Waals surface area contributed by atoms with E-state index in [1.54, 1.807) is 17.5 Å². The lowest BCUT2D eigenvalue weighted by Gasteiger charge is -2.07. The Kier molecular flexibility index (Phi) is 4.15. The van der Waals surface area contributed by atoms with Gasteiger partial charge in [-0.15, -0.1) is 11.3 Å². The number of nitrogens with one attached hydrogen (secondary N) is 1. The number of rotatable bonds is 4. The van der Waals surface area contributed by atoms with E-state index in [9.17, 15) is 14.9 Å². The molecule has 3 rings (SSSR count). The Hall–Kier alpha value is -2.28. The fourth-order valence-corrected chi connectivity index (χ4v) is 3.36. The van der Waals surface area contributed by atoms with Gasteiger partial charge in [-0.25, -0.2) is 4.98 Å². The van der Waals surface area contributed by atoms with Crippen molar-refractivity contribution in [1.29, 1.82) is 0 Å². The summed E-state index contributed by atoms with van der Waals surface area (Å²) in [6, 6.07) is 6.32. The second-order valence-corrected chi connectivity index (χ2v) is 6.17. The standard InChI is InChI=1S/C15H15N3O3S/c19-14(10-4-1-2-5-10)17-15-16-13(9-22-15)11-6-3-7-12(8-11)18(20)21/h3,6-10H,1-2,4-5H2,(H,16,17,19). The second-order valence-electron chi connectivity index (χ2n) is 5.32. The smallest absolute Gasteiger partial charge is 0.270 e. The number of carbonyl (C=O) groups is 1. The Morgan fingerprint density at radius 3 is 2.86 bits per heavy atom. The topological polar surface area (TPSA) is 85.1 Å². The number of hydrogen-bond donors (Lipinski definition) is 1. The molecule has 0 unspecified atom stereocenters. The number of nitrogens with zero attached hydrogens (tertiary/aromatic N) is 2. The molecule has 0 atom stereocenters. The molecule has 2 aromatic rings. The van der Waals surface area contributed by atoms with Crippen LogP contribution in [0.5, 0.6) is 0 Å². The summed E-state index contributed by atoms with van der Waals surface area (Å²) < 4.78 is 0. The second kappa shape index (κ2) is 6.23. The van der Waals surface area contributed by atoms with Crippen molar-refractivity contribution in [3.05, 3.63) is 39.8 Å². The number of non-ortho nitro benzene ring substituents is 1. The number of thiazole rings is 1. The van der Waals surface area contributed by atoms with E-state index in [0.29, 0.717) is 16.4 Å². The lowest BCUT2D eigenvalue weighted by atomic mass is 10.1. The molecule has 0 spiro atoms. The summed E-state index contributed by atoms with van der Waals surface area (Å²) in [7, 11) is 0. The number of anilines is 1. The Morgan fingerprint density at radius 1 is 1.36 bits per heavy atom. The van der Waals surface area contributed by atoms with Crippen LogP contribution in [0, 0.1) is 16.0 Å². The fraction of sp³-hybridized carbons (Fsp3) is 0.333. The normalized spacial score (nSPS) is 14.9. The lowest BCUT2D eigenvalue weighted by Crippen LogP contribution is -2.20. The van der Waals surface area contributed by atoms with Crippen molar-refractivity contribution in [3.8, 4) is 11.3 Å². The average molecular weight is 317 g/mol.